The number of hydrogen-bond acceptors (Lipinski definition) is 7. The van der Waals surface area contributed by atoms with Crippen LogP contribution < -0.4 is 10.1 Å². The van der Waals surface area contributed by atoms with Crippen LogP contribution in [0.25, 0.3) is 0 Å². The number of pyridine rings is 1. The topological polar surface area (TPSA) is 86.2 Å². The fraction of sp³-hybridized carbons (Fsp3) is 0.444. The average molecular weight is 342 g/mol. The SMILES string of the molecule is O=C(OCCNc1ncccn1)c1ccnc(OC2CCCCC2)c1. The van der Waals surface area contributed by atoms with Gasteiger partial charge in [-0.05, 0) is 37.8 Å². The molecule has 1 aliphatic rings. The number of rotatable bonds is 7. The second-order valence-corrected chi connectivity index (χ2v) is 5.90. The lowest BCUT2D eigenvalue weighted by Gasteiger charge is -2.22. The van der Waals surface area contributed by atoms with Gasteiger partial charge in [0.25, 0.3) is 0 Å². The predicted octanol–water partition coefficient (Wildman–Crippen LogP) is 2.85. The fourth-order valence-electron chi connectivity index (χ4n) is 2.73. The van der Waals surface area contributed by atoms with E-state index in [1.165, 1.54) is 19.3 Å². The minimum atomic E-state index is -0.397. The van der Waals surface area contributed by atoms with Gasteiger partial charge >= 0.3 is 5.97 Å². The monoisotopic (exact) mass is 342 g/mol. The van der Waals surface area contributed by atoms with Gasteiger partial charge in [-0.25, -0.2) is 19.7 Å². The molecule has 2 aromatic heterocycles. The van der Waals surface area contributed by atoms with Crippen molar-refractivity contribution in [1.82, 2.24) is 15.0 Å². The van der Waals surface area contributed by atoms with Gasteiger partial charge in [0.05, 0.1) is 12.1 Å². The van der Waals surface area contributed by atoms with E-state index in [2.05, 4.69) is 20.3 Å². The molecular formula is C18H22N4O3. The van der Waals surface area contributed by atoms with E-state index in [1.807, 2.05) is 0 Å². The summed E-state index contributed by atoms with van der Waals surface area (Å²) < 4.78 is 11.1. The van der Waals surface area contributed by atoms with Crippen LogP contribution in [-0.4, -0.2) is 40.2 Å². The minimum absolute atomic E-state index is 0.197. The van der Waals surface area contributed by atoms with E-state index in [1.54, 1.807) is 36.8 Å². The number of hydrogen-bond donors (Lipinski definition) is 1. The molecule has 25 heavy (non-hydrogen) atoms. The van der Waals surface area contributed by atoms with Crippen LogP contribution in [0.15, 0.2) is 36.8 Å². The Morgan fingerprint density at radius 3 is 2.72 bits per heavy atom. The first-order chi connectivity index (χ1) is 12.3. The first kappa shape index (κ1) is 17.1. The van der Waals surface area contributed by atoms with Gasteiger partial charge in [0.15, 0.2) is 0 Å². The molecule has 0 saturated heterocycles. The van der Waals surface area contributed by atoms with Gasteiger partial charge in [0.1, 0.15) is 12.7 Å². The maximum atomic E-state index is 12.1. The van der Waals surface area contributed by atoms with Crippen molar-refractivity contribution in [3.05, 3.63) is 42.4 Å². The molecule has 7 heteroatoms. The maximum Gasteiger partial charge on any atom is 0.338 e. The third-order valence-corrected chi connectivity index (χ3v) is 3.99. The van der Waals surface area contributed by atoms with Crippen LogP contribution >= 0.6 is 0 Å². The highest BCUT2D eigenvalue weighted by Crippen LogP contribution is 2.22. The summed E-state index contributed by atoms with van der Waals surface area (Å²) in [6, 6.07) is 5.01. The Balaban J connectivity index is 1.45. The van der Waals surface area contributed by atoms with E-state index in [9.17, 15) is 4.79 Å². The molecule has 0 radical (unpaired) electrons. The van der Waals surface area contributed by atoms with Crippen molar-refractivity contribution in [3.63, 3.8) is 0 Å². The zero-order valence-electron chi connectivity index (χ0n) is 14.1. The number of nitrogens with one attached hydrogen (secondary N) is 1. The summed E-state index contributed by atoms with van der Waals surface area (Å²) in [5.74, 6) is 0.592. The molecule has 132 valence electrons. The summed E-state index contributed by atoms with van der Waals surface area (Å²) in [4.78, 5) is 24.4. The molecule has 7 nitrogen and oxygen atoms in total. The lowest BCUT2D eigenvalue weighted by atomic mass is 9.98. The number of ether oxygens (including phenoxy) is 2. The van der Waals surface area contributed by atoms with E-state index in [0.717, 1.165) is 12.8 Å². The van der Waals surface area contributed by atoms with Gasteiger partial charge in [-0.1, -0.05) is 6.42 Å². The molecule has 0 aliphatic heterocycles. The van der Waals surface area contributed by atoms with Crippen LogP contribution in [0.4, 0.5) is 5.95 Å². The van der Waals surface area contributed by atoms with Crippen LogP contribution in [0.2, 0.25) is 0 Å². The summed E-state index contributed by atoms with van der Waals surface area (Å²) in [7, 11) is 0. The number of anilines is 1. The third kappa shape index (κ3) is 5.41. The van der Waals surface area contributed by atoms with Gasteiger partial charge in [0.2, 0.25) is 11.8 Å². The Morgan fingerprint density at radius 1 is 1.12 bits per heavy atom. The van der Waals surface area contributed by atoms with Gasteiger partial charge in [-0.15, -0.1) is 0 Å². The number of esters is 1. The molecule has 0 unspecified atom stereocenters. The maximum absolute atomic E-state index is 12.1. The van der Waals surface area contributed by atoms with Gasteiger partial charge in [0, 0.05) is 24.7 Å². The summed E-state index contributed by atoms with van der Waals surface area (Å²) in [5, 5.41) is 2.98. The van der Waals surface area contributed by atoms with Crippen molar-refractivity contribution in [2.75, 3.05) is 18.5 Å². The zero-order valence-corrected chi connectivity index (χ0v) is 14.1. The molecule has 1 fully saturated rings. The molecule has 0 atom stereocenters. The summed E-state index contributed by atoms with van der Waals surface area (Å²) in [6.07, 6.45) is 10.8. The van der Waals surface area contributed by atoms with Crippen LogP contribution in [0.1, 0.15) is 42.5 Å². The lowest BCUT2D eigenvalue weighted by Crippen LogP contribution is -2.20. The quantitative estimate of drug-likeness (QED) is 0.611. The highest BCUT2D eigenvalue weighted by molar-refractivity contribution is 5.89. The van der Waals surface area contributed by atoms with E-state index in [4.69, 9.17) is 9.47 Å². The molecule has 1 saturated carbocycles. The molecular weight excluding hydrogens is 320 g/mol. The first-order valence-corrected chi connectivity index (χ1v) is 8.62. The summed E-state index contributed by atoms with van der Waals surface area (Å²) >= 11 is 0. The second-order valence-electron chi connectivity index (χ2n) is 5.90. The molecule has 2 aromatic rings. The Bertz CT molecular complexity index is 675. The van der Waals surface area contributed by atoms with Crippen molar-refractivity contribution in [3.8, 4) is 5.88 Å². The molecule has 0 amide bonds. The van der Waals surface area contributed by atoms with Gasteiger partial charge < -0.3 is 14.8 Å². The number of carbonyl (C=O) groups excluding carboxylic acids is 1. The van der Waals surface area contributed by atoms with Crippen molar-refractivity contribution < 1.29 is 14.3 Å². The van der Waals surface area contributed by atoms with E-state index < -0.39 is 5.97 Å². The molecule has 3 rings (SSSR count). The van der Waals surface area contributed by atoms with Crippen LogP contribution in [0.5, 0.6) is 5.88 Å². The lowest BCUT2D eigenvalue weighted by molar-refractivity contribution is 0.0519. The standard InChI is InChI=1S/C18H22N4O3/c23-17(24-12-11-22-18-20-8-4-9-21-18)14-7-10-19-16(13-14)25-15-5-2-1-3-6-15/h4,7-10,13,15H,1-3,5-6,11-12H2,(H,20,21,22). The minimum Gasteiger partial charge on any atom is -0.474 e. The smallest absolute Gasteiger partial charge is 0.338 e. The molecule has 1 N–H and O–H groups in total. The van der Waals surface area contributed by atoms with Crippen molar-refractivity contribution >= 4 is 11.9 Å². The molecule has 0 spiro atoms. The van der Waals surface area contributed by atoms with Crippen LogP contribution in [0, 0.1) is 0 Å². The van der Waals surface area contributed by atoms with E-state index in [-0.39, 0.29) is 12.7 Å². The van der Waals surface area contributed by atoms with Crippen molar-refractivity contribution in [2.45, 2.75) is 38.2 Å². The third-order valence-electron chi connectivity index (χ3n) is 3.99. The normalized spacial score (nSPS) is 14.7. The van der Waals surface area contributed by atoms with Crippen LogP contribution in [0.3, 0.4) is 0 Å². The Morgan fingerprint density at radius 2 is 1.92 bits per heavy atom. The fourth-order valence-corrected chi connectivity index (χ4v) is 2.73. The van der Waals surface area contributed by atoms with Crippen molar-refractivity contribution in [2.24, 2.45) is 0 Å². The van der Waals surface area contributed by atoms with Gasteiger partial charge in [-0.2, -0.15) is 0 Å². The highest BCUT2D eigenvalue weighted by Gasteiger charge is 2.16. The number of aromatic nitrogens is 3. The molecule has 1 aliphatic carbocycles. The van der Waals surface area contributed by atoms with E-state index >= 15 is 0 Å². The molecule has 0 bridgehead atoms. The van der Waals surface area contributed by atoms with E-state index in [0.29, 0.717) is 23.9 Å². The molecule has 0 aromatic carbocycles. The average Bonchev–Trinajstić information content (AvgIpc) is 2.67. The Labute approximate surface area is 146 Å². The van der Waals surface area contributed by atoms with Gasteiger partial charge in [-0.3, -0.25) is 0 Å². The first-order valence-electron chi connectivity index (χ1n) is 8.62. The number of nitrogens with zero attached hydrogens (tertiary/aromatic N) is 3. The zero-order chi connectivity index (χ0) is 17.3. The Kier molecular flexibility index (Phi) is 6.14. The summed E-state index contributed by atoms with van der Waals surface area (Å²) in [6.45, 7) is 0.657. The predicted molar refractivity (Wildman–Crippen MR) is 92.5 cm³/mol. The largest absolute Gasteiger partial charge is 0.474 e. The summed E-state index contributed by atoms with van der Waals surface area (Å²) in [5.41, 5.74) is 0.441. The highest BCUT2D eigenvalue weighted by atomic mass is 16.5. The number of carbonyl (C=O) groups is 1. The molecule has 2 heterocycles. The Hall–Kier alpha value is -2.70. The second kappa shape index (κ2) is 8.96. The van der Waals surface area contributed by atoms with Crippen LogP contribution in [-0.2, 0) is 4.74 Å². The van der Waals surface area contributed by atoms with Crippen molar-refractivity contribution in [1.29, 1.82) is 0 Å².